The average Bonchev–Trinajstić information content (AvgIpc) is 2.95. The highest BCUT2D eigenvalue weighted by Gasteiger charge is 2.40. The molecule has 0 radical (unpaired) electrons. The Labute approximate surface area is 164 Å². The molecular weight excluding hydrogens is 367 g/mol. The van der Waals surface area contributed by atoms with E-state index in [1.807, 2.05) is 13.0 Å². The summed E-state index contributed by atoms with van der Waals surface area (Å²) in [6, 6.07) is 8.33. The van der Waals surface area contributed by atoms with Gasteiger partial charge in [-0.15, -0.1) is 17.5 Å². The van der Waals surface area contributed by atoms with Gasteiger partial charge in [-0.05, 0) is 62.6 Å². The first-order valence-electron chi connectivity index (χ1n) is 9.40. The molecule has 0 aliphatic heterocycles. The lowest BCUT2D eigenvalue weighted by Crippen LogP contribution is -2.48. The number of hydrogen-bond donors (Lipinski definition) is 2. The van der Waals surface area contributed by atoms with Gasteiger partial charge in [-0.2, -0.15) is 0 Å². The maximum absolute atomic E-state index is 13.5. The number of aromatic nitrogens is 2. The first-order valence-corrected chi connectivity index (χ1v) is 9.40. The topological polar surface area (TPSA) is 72.9 Å². The van der Waals surface area contributed by atoms with Crippen molar-refractivity contribution in [2.75, 3.05) is 5.32 Å². The second kappa shape index (κ2) is 7.98. The number of amides is 1. The van der Waals surface area contributed by atoms with Crippen LogP contribution in [0.2, 0.25) is 0 Å². The summed E-state index contributed by atoms with van der Waals surface area (Å²) in [6.45, 7) is 1.89. The van der Waals surface area contributed by atoms with E-state index in [9.17, 15) is 9.18 Å². The van der Waals surface area contributed by atoms with E-state index in [4.69, 9.17) is 5.73 Å². The first-order chi connectivity index (χ1) is 12.5. The van der Waals surface area contributed by atoms with Gasteiger partial charge in [0.25, 0.3) is 0 Å². The normalized spacial score (nSPS) is 26.9. The van der Waals surface area contributed by atoms with Crippen LogP contribution in [0.3, 0.4) is 0 Å². The Morgan fingerprint density at radius 3 is 2.63 bits per heavy atom. The van der Waals surface area contributed by atoms with Gasteiger partial charge in [-0.1, -0.05) is 12.5 Å². The van der Waals surface area contributed by atoms with Crippen LogP contribution in [0, 0.1) is 30.5 Å². The summed E-state index contributed by atoms with van der Waals surface area (Å²) in [5.41, 5.74) is 7.80. The molecule has 2 aromatic rings. The minimum Gasteiger partial charge on any atom is -0.327 e. The summed E-state index contributed by atoms with van der Waals surface area (Å²) < 4.78 is 15.1. The third kappa shape index (κ3) is 4.01. The molecule has 5 nitrogen and oxygen atoms in total. The van der Waals surface area contributed by atoms with Gasteiger partial charge in [0.1, 0.15) is 5.82 Å². The quantitative estimate of drug-likeness (QED) is 0.833. The van der Waals surface area contributed by atoms with Crippen LogP contribution in [0.15, 0.2) is 30.3 Å². The van der Waals surface area contributed by atoms with Crippen molar-refractivity contribution in [3.05, 3.63) is 41.8 Å². The van der Waals surface area contributed by atoms with E-state index in [0.717, 1.165) is 31.4 Å². The van der Waals surface area contributed by atoms with Crippen LogP contribution >= 0.6 is 12.4 Å². The number of carbonyl (C=O) groups is 1. The third-order valence-electron chi connectivity index (χ3n) is 5.98. The van der Waals surface area contributed by atoms with Crippen LogP contribution in [0.1, 0.15) is 37.8 Å². The lowest BCUT2D eigenvalue weighted by atomic mass is 9.65. The Morgan fingerprint density at radius 2 is 1.96 bits per heavy atom. The molecule has 7 heteroatoms. The molecule has 27 heavy (non-hydrogen) atoms. The minimum absolute atomic E-state index is 0. The molecule has 2 unspecified atom stereocenters. The number of nitrogens with two attached hydrogens (primary N) is 1. The standard InChI is InChI=1S/C20H25FN4O.ClH/c1-12-8-18(24-25(12)17-7-3-6-16(21)11-17)23-20(26)15-9-13-4-2-5-14(10-15)19(13)22;/h3,6-8,11,13-15,19H,2,4-5,9-10,22H2,1H3,(H,23,24,26);1H. The molecule has 2 aliphatic carbocycles. The fraction of sp³-hybridized carbons (Fsp3) is 0.500. The van der Waals surface area contributed by atoms with Crippen molar-refractivity contribution in [3.63, 3.8) is 0 Å². The van der Waals surface area contributed by atoms with Crippen LogP contribution < -0.4 is 11.1 Å². The number of nitrogens with zero attached hydrogens (tertiary/aromatic N) is 2. The molecule has 2 fully saturated rings. The number of fused-ring (bicyclic) bond motifs is 2. The van der Waals surface area contributed by atoms with Gasteiger partial charge in [0, 0.05) is 23.7 Å². The van der Waals surface area contributed by atoms with E-state index in [-0.39, 0.29) is 36.1 Å². The Kier molecular flexibility index (Phi) is 5.86. The van der Waals surface area contributed by atoms with E-state index in [0.29, 0.717) is 23.3 Å². The lowest BCUT2D eigenvalue weighted by molar-refractivity contribution is -0.122. The monoisotopic (exact) mass is 392 g/mol. The van der Waals surface area contributed by atoms with E-state index in [2.05, 4.69) is 10.4 Å². The second-order valence-electron chi connectivity index (χ2n) is 7.75. The van der Waals surface area contributed by atoms with Crippen molar-refractivity contribution >= 4 is 24.1 Å². The molecule has 2 aliphatic rings. The summed E-state index contributed by atoms with van der Waals surface area (Å²) in [5, 5.41) is 7.39. The van der Waals surface area contributed by atoms with Crippen molar-refractivity contribution in [1.29, 1.82) is 0 Å². The largest absolute Gasteiger partial charge is 0.327 e. The molecule has 1 amide bonds. The molecule has 1 aromatic heterocycles. The zero-order valence-electron chi connectivity index (χ0n) is 15.4. The van der Waals surface area contributed by atoms with Crippen LogP contribution in [-0.2, 0) is 4.79 Å². The number of aryl methyl sites for hydroxylation is 1. The fourth-order valence-electron chi connectivity index (χ4n) is 4.64. The minimum atomic E-state index is -0.312. The summed E-state index contributed by atoms with van der Waals surface area (Å²) in [4.78, 5) is 12.8. The molecule has 2 atom stereocenters. The van der Waals surface area contributed by atoms with Crippen molar-refractivity contribution in [3.8, 4) is 5.69 Å². The smallest absolute Gasteiger partial charge is 0.228 e. The number of benzene rings is 1. The molecular formula is C20H26ClFN4O. The van der Waals surface area contributed by atoms with Gasteiger partial charge >= 0.3 is 0 Å². The number of carbonyl (C=O) groups excluding carboxylic acids is 1. The Bertz CT molecular complexity index is 810. The number of rotatable bonds is 3. The highest BCUT2D eigenvalue weighted by molar-refractivity contribution is 5.91. The number of halogens is 2. The summed E-state index contributed by atoms with van der Waals surface area (Å²) in [6.07, 6.45) is 5.23. The molecule has 3 N–H and O–H groups in total. The summed E-state index contributed by atoms with van der Waals surface area (Å²) in [5.74, 6) is 1.15. The predicted molar refractivity (Wildman–Crippen MR) is 106 cm³/mol. The van der Waals surface area contributed by atoms with Crippen LogP contribution in [0.5, 0.6) is 0 Å². The number of hydrogen-bond acceptors (Lipinski definition) is 3. The molecule has 1 aromatic carbocycles. The average molecular weight is 393 g/mol. The van der Waals surface area contributed by atoms with Gasteiger partial charge in [0.2, 0.25) is 5.91 Å². The number of anilines is 1. The van der Waals surface area contributed by atoms with Gasteiger partial charge < -0.3 is 11.1 Å². The van der Waals surface area contributed by atoms with E-state index in [1.165, 1.54) is 18.6 Å². The van der Waals surface area contributed by atoms with Gasteiger partial charge in [-0.25, -0.2) is 9.07 Å². The van der Waals surface area contributed by atoms with E-state index < -0.39 is 0 Å². The van der Waals surface area contributed by atoms with Gasteiger partial charge in [0.05, 0.1) is 5.69 Å². The molecule has 146 valence electrons. The first kappa shape index (κ1) is 19.8. The molecule has 0 spiro atoms. The van der Waals surface area contributed by atoms with Crippen molar-refractivity contribution in [2.45, 2.75) is 45.1 Å². The Hall–Kier alpha value is -1.92. The predicted octanol–water partition coefficient (Wildman–Crippen LogP) is 3.83. The van der Waals surface area contributed by atoms with Crippen molar-refractivity contribution in [1.82, 2.24) is 9.78 Å². The molecule has 4 rings (SSSR count). The third-order valence-corrected chi connectivity index (χ3v) is 5.98. The fourth-order valence-corrected chi connectivity index (χ4v) is 4.64. The maximum Gasteiger partial charge on any atom is 0.228 e. The van der Waals surface area contributed by atoms with Crippen LogP contribution in [0.25, 0.3) is 5.69 Å². The van der Waals surface area contributed by atoms with Gasteiger partial charge in [-0.3, -0.25) is 4.79 Å². The summed E-state index contributed by atoms with van der Waals surface area (Å²) >= 11 is 0. The van der Waals surface area contributed by atoms with Crippen LogP contribution in [-0.4, -0.2) is 21.7 Å². The molecule has 2 saturated carbocycles. The molecule has 2 bridgehead atoms. The highest BCUT2D eigenvalue weighted by atomic mass is 35.5. The molecule has 0 saturated heterocycles. The van der Waals surface area contributed by atoms with Crippen molar-refractivity contribution in [2.24, 2.45) is 23.5 Å². The number of nitrogens with one attached hydrogen (secondary N) is 1. The second-order valence-corrected chi connectivity index (χ2v) is 7.75. The molecule has 1 heterocycles. The van der Waals surface area contributed by atoms with Crippen LogP contribution in [0.4, 0.5) is 10.2 Å². The van der Waals surface area contributed by atoms with E-state index >= 15 is 0 Å². The summed E-state index contributed by atoms with van der Waals surface area (Å²) in [7, 11) is 0. The van der Waals surface area contributed by atoms with E-state index in [1.54, 1.807) is 16.8 Å². The Morgan fingerprint density at radius 1 is 1.26 bits per heavy atom. The Balaban J connectivity index is 0.00000210. The van der Waals surface area contributed by atoms with Gasteiger partial charge in [0.15, 0.2) is 5.82 Å². The maximum atomic E-state index is 13.5. The zero-order valence-corrected chi connectivity index (χ0v) is 16.2. The van der Waals surface area contributed by atoms with Crippen molar-refractivity contribution < 1.29 is 9.18 Å². The highest BCUT2D eigenvalue weighted by Crippen LogP contribution is 2.42. The zero-order chi connectivity index (χ0) is 18.3. The lowest BCUT2D eigenvalue weighted by Gasteiger charge is -2.43. The SMILES string of the molecule is Cc1cc(NC(=O)C2CC3CCCC(C2)C3N)nn1-c1cccc(F)c1.Cl.